The average molecular weight is 411 g/mol. The molecule has 0 radical (unpaired) electrons. The molecule has 0 aromatic rings. The van der Waals surface area contributed by atoms with Crippen molar-refractivity contribution in [3.8, 4) is 12.3 Å². The van der Waals surface area contributed by atoms with Crippen LogP contribution < -0.4 is 16.4 Å². The van der Waals surface area contributed by atoms with Gasteiger partial charge in [-0.25, -0.2) is 4.79 Å². The summed E-state index contributed by atoms with van der Waals surface area (Å²) in [6, 6.07) is 0. The fraction of sp³-hybridized carbons (Fsp3) is 0.700. The fourth-order valence-corrected chi connectivity index (χ4v) is 2.20. The molecule has 0 heterocycles. The number of methoxy groups -OCH3 is 1. The third kappa shape index (κ3) is 8.62. The van der Waals surface area contributed by atoms with Crippen molar-refractivity contribution in [2.24, 2.45) is 11.7 Å². The Labute approximate surface area is 172 Å². The van der Waals surface area contributed by atoms with Crippen LogP contribution in [-0.2, 0) is 28.7 Å². The van der Waals surface area contributed by atoms with Gasteiger partial charge >= 0.3 is 5.97 Å². The molecule has 9 nitrogen and oxygen atoms in total. The Hall–Kier alpha value is -2.44. The molecule has 2 amide bonds. The van der Waals surface area contributed by atoms with Gasteiger partial charge in [-0.15, -0.1) is 6.42 Å². The molecule has 0 unspecified atom stereocenters. The molecule has 0 aromatic carbocycles. The number of hydrogen-bond donors (Lipinski definition) is 3. The number of ketones is 1. The highest BCUT2D eigenvalue weighted by atomic mass is 16.5. The monoisotopic (exact) mass is 411 g/mol. The summed E-state index contributed by atoms with van der Waals surface area (Å²) >= 11 is 0. The standard InChI is InChI=1S/C20H33N3O6/c1-9-10-29-12-13(15(25)22-20(6,7)17(27)28-8)11-14(24)19(4,5)23-16(26)18(2,3)21/h1,13H,10-12,21H2,2-8H3,(H,22,25)(H,23,26)/t13-/m0/s1. The molecule has 164 valence electrons. The van der Waals surface area contributed by atoms with E-state index in [0.29, 0.717) is 0 Å². The number of nitrogens with two attached hydrogens (primary N) is 1. The van der Waals surface area contributed by atoms with Crippen molar-refractivity contribution in [3.05, 3.63) is 0 Å². The first-order valence-corrected chi connectivity index (χ1v) is 9.15. The number of Topliss-reactive ketones (excluding diaryl/α,β-unsaturated/α-hetero) is 1. The first-order chi connectivity index (χ1) is 13.1. The summed E-state index contributed by atoms with van der Waals surface area (Å²) in [6.45, 7) is 8.86. The van der Waals surface area contributed by atoms with E-state index in [-0.39, 0.29) is 19.6 Å². The maximum absolute atomic E-state index is 12.8. The van der Waals surface area contributed by atoms with Crippen LogP contribution in [-0.4, -0.2) is 60.5 Å². The van der Waals surface area contributed by atoms with Gasteiger partial charge < -0.3 is 25.8 Å². The summed E-state index contributed by atoms with van der Waals surface area (Å²) in [6.07, 6.45) is 4.91. The number of ether oxygens (including phenoxy) is 2. The molecule has 0 saturated carbocycles. The van der Waals surface area contributed by atoms with Crippen LogP contribution in [0.3, 0.4) is 0 Å². The van der Waals surface area contributed by atoms with Crippen LogP contribution in [0, 0.1) is 18.3 Å². The van der Waals surface area contributed by atoms with Crippen LogP contribution in [0.5, 0.6) is 0 Å². The van der Waals surface area contributed by atoms with Crippen molar-refractivity contribution in [3.63, 3.8) is 0 Å². The minimum Gasteiger partial charge on any atom is -0.467 e. The molecule has 0 aliphatic heterocycles. The van der Waals surface area contributed by atoms with E-state index < -0.39 is 46.1 Å². The van der Waals surface area contributed by atoms with E-state index in [9.17, 15) is 19.2 Å². The van der Waals surface area contributed by atoms with Crippen LogP contribution in [0.2, 0.25) is 0 Å². The Morgan fingerprint density at radius 1 is 1.03 bits per heavy atom. The number of nitrogens with one attached hydrogen (secondary N) is 2. The van der Waals surface area contributed by atoms with Crippen LogP contribution in [0.15, 0.2) is 0 Å². The molecular weight excluding hydrogens is 378 g/mol. The SMILES string of the molecule is C#CCOC[C@H](CC(=O)C(C)(C)NC(=O)C(C)(C)N)C(=O)NC(C)(C)C(=O)OC. The van der Waals surface area contributed by atoms with E-state index in [0.717, 1.165) is 0 Å². The van der Waals surface area contributed by atoms with E-state index in [1.165, 1.54) is 48.7 Å². The topological polar surface area (TPSA) is 137 Å². The van der Waals surface area contributed by atoms with E-state index in [4.69, 9.17) is 16.9 Å². The van der Waals surface area contributed by atoms with Gasteiger partial charge in [-0.1, -0.05) is 5.92 Å². The molecule has 9 heteroatoms. The highest BCUT2D eigenvalue weighted by Gasteiger charge is 2.38. The van der Waals surface area contributed by atoms with Gasteiger partial charge in [-0.3, -0.25) is 14.4 Å². The number of hydrogen-bond acceptors (Lipinski definition) is 7. The fourth-order valence-electron chi connectivity index (χ4n) is 2.20. The second-order valence-electron chi connectivity index (χ2n) is 8.45. The summed E-state index contributed by atoms with van der Waals surface area (Å²) in [4.78, 5) is 49.5. The second-order valence-corrected chi connectivity index (χ2v) is 8.45. The molecular formula is C20H33N3O6. The van der Waals surface area contributed by atoms with Crippen LogP contribution in [0.25, 0.3) is 0 Å². The van der Waals surface area contributed by atoms with Gasteiger partial charge in [-0.05, 0) is 41.5 Å². The first kappa shape index (κ1) is 26.6. The average Bonchev–Trinajstić information content (AvgIpc) is 2.58. The molecule has 0 rings (SSSR count). The van der Waals surface area contributed by atoms with Crippen molar-refractivity contribution in [2.45, 2.75) is 64.6 Å². The summed E-state index contributed by atoms with van der Waals surface area (Å²) < 4.78 is 9.91. The van der Waals surface area contributed by atoms with Crippen molar-refractivity contribution in [1.82, 2.24) is 10.6 Å². The molecule has 0 bridgehead atoms. The summed E-state index contributed by atoms with van der Waals surface area (Å²) in [7, 11) is 1.21. The lowest BCUT2D eigenvalue weighted by molar-refractivity contribution is -0.150. The lowest BCUT2D eigenvalue weighted by Crippen LogP contribution is -2.59. The zero-order valence-corrected chi connectivity index (χ0v) is 18.3. The number of rotatable bonds is 11. The Kier molecular flexibility index (Phi) is 9.50. The summed E-state index contributed by atoms with van der Waals surface area (Å²) in [5, 5.41) is 5.14. The Balaban J connectivity index is 5.38. The van der Waals surface area contributed by atoms with Gasteiger partial charge in [-0.2, -0.15) is 0 Å². The lowest BCUT2D eigenvalue weighted by Gasteiger charge is -2.31. The lowest BCUT2D eigenvalue weighted by atomic mass is 9.89. The highest BCUT2D eigenvalue weighted by Crippen LogP contribution is 2.17. The maximum atomic E-state index is 12.8. The van der Waals surface area contributed by atoms with Gasteiger partial charge in [0, 0.05) is 6.42 Å². The van der Waals surface area contributed by atoms with Gasteiger partial charge in [0.05, 0.1) is 30.7 Å². The number of terminal acetylenes is 1. The summed E-state index contributed by atoms with van der Waals surface area (Å²) in [5.74, 6) is -0.780. The van der Waals surface area contributed by atoms with Crippen molar-refractivity contribution in [2.75, 3.05) is 20.3 Å². The molecule has 4 N–H and O–H groups in total. The van der Waals surface area contributed by atoms with Crippen molar-refractivity contribution in [1.29, 1.82) is 0 Å². The predicted octanol–water partition coefficient (Wildman–Crippen LogP) is -0.0885. The predicted molar refractivity (Wildman–Crippen MR) is 107 cm³/mol. The van der Waals surface area contributed by atoms with E-state index in [1.54, 1.807) is 0 Å². The molecule has 1 atom stereocenters. The molecule has 0 spiro atoms. The van der Waals surface area contributed by atoms with Gasteiger partial charge in [0.15, 0.2) is 5.78 Å². The number of amides is 2. The minimum atomic E-state index is -1.30. The molecule has 0 aromatic heterocycles. The van der Waals surface area contributed by atoms with Crippen LogP contribution in [0.4, 0.5) is 0 Å². The number of carbonyl (C=O) groups is 4. The molecule has 0 aliphatic rings. The zero-order valence-electron chi connectivity index (χ0n) is 18.3. The zero-order chi connectivity index (χ0) is 23.0. The maximum Gasteiger partial charge on any atom is 0.330 e. The van der Waals surface area contributed by atoms with Crippen LogP contribution >= 0.6 is 0 Å². The molecule has 0 fully saturated rings. The highest BCUT2D eigenvalue weighted by molar-refractivity contribution is 5.97. The third-order valence-electron chi connectivity index (χ3n) is 4.15. The van der Waals surface area contributed by atoms with E-state index >= 15 is 0 Å². The Morgan fingerprint density at radius 2 is 1.59 bits per heavy atom. The van der Waals surface area contributed by atoms with Gasteiger partial charge in [0.25, 0.3) is 0 Å². The van der Waals surface area contributed by atoms with Crippen molar-refractivity contribution >= 4 is 23.6 Å². The van der Waals surface area contributed by atoms with Gasteiger partial charge in [0.1, 0.15) is 12.1 Å². The summed E-state index contributed by atoms with van der Waals surface area (Å²) in [5.41, 5.74) is 2.02. The molecule has 0 aliphatic carbocycles. The Bertz CT molecular complexity index is 671. The van der Waals surface area contributed by atoms with E-state index in [2.05, 4.69) is 21.3 Å². The Morgan fingerprint density at radius 3 is 2.03 bits per heavy atom. The third-order valence-corrected chi connectivity index (χ3v) is 4.15. The molecule has 0 saturated heterocycles. The van der Waals surface area contributed by atoms with Gasteiger partial charge in [0.2, 0.25) is 11.8 Å². The number of esters is 1. The largest absolute Gasteiger partial charge is 0.467 e. The smallest absolute Gasteiger partial charge is 0.330 e. The minimum absolute atomic E-state index is 0.0418. The molecule has 29 heavy (non-hydrogen) atoms. The number of carbonyl (C=O) groups excluding carboxylic acids is 4. The second kappa shape index (κ2) is 10.4. The van der Waals surface area contributed by atoms with E-state index in [1.807, 2.05) is 0 Å². The van der Waals surface area contributed by atoms with Crippen LogP contribution in [0.1, 0.15) is 48.0 Å². The normalized spacial score (nSPS) is 13.1. The first-order valence-electron chi connectivity index (χ1n) is 9.15. The van der Waals surface area contributed by atoms with Crippen molar-refractivity contribution < 1.29 is 28.7 Å². The quantitative estimate of drug-likeness (QED) is 0.245.